The van der Waals surface area contributed by atoms with Crippen LogP contribution in [-0.2, 0) is 4.79 Å². The van der Waals surface area contributed by atoms with Gasteiger partial charge in [-0.1, -0.05) is 19.3 Å². The van der Waals surface area contributed by atoms with Crippen molar-refractivity contribution in [1.29, 1.82) is 0 Å². The number of fused-ring (bicyclic) bond motifs is 1. The molecule has 1 aromatic carbocycles. The average molecular weight is 529 g/mol. The van der Waals surface area contributed by atoms with Gasteiger partial charge >= 0.3 is 5.97 Å². The van der Waals surface area contributed by atoms with Crippen molar-refractivity contribution in [3.8, 4) is 5.75 Å². The number of piperidine rings is 1. The Morgan fingerprint density at radius 3 is 2.78 bits per heavy atom. The van der Waals surface area contributed by atoms with Gasteiger partial charge in [0.2, 0.25) is 0 Å². The number of carbonyl (C=O) groups is 1. The third-order valence-corrected chi connectivity index (χ3v) is 9.85. The molecule has 2 N–H and O–H groups in total. The molecule has 204 valence electrons. The molecule has 1 aliphatic heterocycles. The number of aliphatic hydroxyl groups is 1. The second-order valence-electron chi connectivity index (χ2n) is 10.9. The Morgan fingerprint density at radius 2 is 2.00 bits per heavy atom. The quantitative estimate of drug-likeness (QED) is 0.295. The number of methoxy groups -OCH3 is 1. The van der Waals surface area contributed by atoms with Crippen molar-refractivity contribution in [1.82, 2.24) is 9.88 Å². The molecule has 1 saturated heterocycles. The number of aromatic nitrogens is 1. The standard InChI is InChI=1S/C30H44N2O4S/c1-36-24-10-11-28-27(20-24)26(14-16-31-28)29(33)12-8-22-15-18-32(21-23(22)9-13-30(34)35)17-5-19-37-25-6-3-2-4-7-25/h10-11,14,16,20,22-23,25,29,33H,2-9,12-13,15,17-19,21H2,1H3,(H,34,35)/t22?,23?,29-/m0/s1. The monoisotopic (exact) mass is 528 g/mol. The van der Waals surface area contributed by atoms with Crippen LogP contribution in [0.2, 0.25) is 0 Å². The van der Waals surface area contributed by atoms with Crippen LogP contribution >= 0.6 is 11.8 Å². The van der Waals surface area contributed by atoms with Gasteiger partial charge in [-0.25, -0.2) is 0 Å². The maximum absolute atomic E-state index is 11.3. The summed E-state index contributed by atoms with van der Waals surface area (Å²) in [5.41, 5.74) is 1.74. The highest BCUT2D eigenvalue weighted by Gasteiger charge is 2.30. The molecule has 0 amide bonds. The summed E-state index contributed by atoms with van der Waals surface area (Å²) in [6, 6.07) is 7.67. The van der Waals surface area contributed by atoms with Crippen LogP contribution in [0.1, 0.15) is 82.3 Å². The van der Waals surface area contributed by atoms with Gasteiger partial charge < -0.3 is 19.8 Å². The van der Waals surface area contributed by atoms with E-state index in [1.807, 2.05) is 24.3 Å². The van der Waals surface area contributed by atoms with E-state index in [1.54, 1.807) is 13.3 Å². The summed E-state index contributed by atoms with van der Waals surface area (Å²) >= 11 is 2.17. The predicted octanol–water partition coefficient (Wildman–Crippen LogP) is 6.32. The number of carboxylic acids is 1. The van der Waals surface area contributed by atoms with E-state index in [0.717, 1.165) is 66.4 Å². The largest absolute Gasteiger partial charge is 0.497 e. The molecule has 6 nitrogen and oxygen atoms in total. The van der Waals surface area contributed by atoms with Crippen LogP contribution in [0.25, 0.3) is 10.9 Å². The molecule has 2 fully saturated rings. The number of benzene rings is 1. The summed E-state index contributed by atoms with van der Waals surface area (Å²) in [7, 11) is 1.65. The first-order chi connectivity index (χ1) is 18.0. The molecule has 2 unspecified atom stereocenters. The number of carboxylic acid groups (broad SMARTS) is 1. The summed E-state index contributed by atoms with van der Waals surface area (Å²) < 4.78 is 5.38. The molecule has 0 spiro atoms. The molecular weight excluding hydrogens is 484 g/mol. The van der Waals surface area contributed by atoms with E-state index in [1.165, 1.54) is 44.3 Å². The lowest BCUT2D eigenvalue weighted by Crippen LogP contribution is -2.41. The zero-order chi connectivity index (χ0) is 26.0. The molecule has 2 heterocycles. The molecule has 37 heavy (non-hydrogen) atoms. The number of hydrogen-bond donors (Lipinski definition) is 2. The highest BCUT2D eigenvalue weighted by atomic mass is 32.2. The molecule has 0 bridgehead atoms. The van der Waals surface area contributed by atoms with Crippen LogP contribution in [0.3, 0.4) is 0 Å². The minimum absolute atomic E-state index is 0.226. The van der Waals surface area contributed by atoms with E-state index in [0.29, 0.717) is 18.3 Å². The van der Waals surface area contributed by atoms with E-state index in [4.69, 9.17) is 4.74 Å². The number of aliphatic carboxylic acids is 1. The Labute approximate surface area is 226 Å². The van der Waals surface area contributed by atoms with Gasteiger partial charge in [0.1, 0.15) is 5.75 Å². The maximum atomic E-state index is 11.3. The topological polar surface area (TPSA) is 82.9 Å². The fourth-order valence-electron chi connectivity index (χ4n) is 6.24. The first kappa shape index (κ1) is 28.2. The van der Waals surface area contributed by atoms with Crippen molar-refractivity contribution in [3.63, 3.8) is 0 Å². The highest BCUT2D eigenvalue weighted by Crippen LogP contribution is 2.35. The van der Waals surface area contributed by atoms with Crippen molar-refractivity contribution < 1.29 is 19.7 Å². The van der Waals surface area contributed by atoms with Crippen LogP contribution in [0.15, 0.2) is 30.5 Å². The van der Waals surface area contributed by atoms with E-state index < -0.39 is 12.1 Å². The van der Waals surface area contributed by atoms with Gasteiger partial charge in [0.15, 0.2) is 0 Å². The lowest BCUT2D eigenvalue weighted by Gasteiger charge is -2.39. The first-order valence-corrected chi connectivity index (χ1v) is 15.2. The Hall–Kier alpha value is -1.83. The molecule has 4 rings (SSSR count). The van der Waals surface area contributed by atoms with Gasteiger partial charge in [0.05, 0.1) is 18.7 Å². The summed E-state index contributed by atoms with van der Waals surface area (Å²) in [4.78, 5) is 18.3. The molecular formula is C30H44N2O4S. The Kier molecular flexibility index (Phi) is 10.9. The van der Waals surface area contributed by atoms with Crippen LogP contribution < -0.4 is 4.74 Å². The van der Waals surface area contributed by atoms with Gasteiger partial charge in [-0.15, -0.1) is 0 Å². The van der Waals surface area contributed by atoms with Crippen molar-refractivity contribution in [2.45, 2.75) is 82.0 Å². The summed E-state index contributed by atoms with van der Waals surface area (Å²) in [6.45, 7) is 3.18. The molecule has 2 aromatic rings. The SMILES string of the molecule is COc1ccc2nccc([C@@H](O)CCC3CCN(CCCSC4CCCCC4)CC3CCC(=O)O)c2c1. The zero-order valence-electron chi connectivity index (χ0n) is 22.3. The second kappa shape index (κ2) is 14.4. The zero-order valence-corrected chi connectivity index (χ0v) is 23.1. The number of hydrogen-bond acceptors (Lipinski definition) is 6. The van der Waals surface area contributed by atoms with Crippen LogP contribution in [0.4, 0.5) is 0 Å². The van der Waals surface area contributed by atoms with Crippen LogP contribution in [0, 0.1) is 11.8 Å². The van der Waals surface area contributed by atoms with Crippen molar-refractivity contribution in [3.05, 3.63) is 36.0 Å². The van der Waals surface area contributed by atoms with E-state index in [-0.39, 0.29) is 6.42 Å². The third-order valence-electron chi connectivity index (χ3n) is 8.38. The Bertz CT molecular complexity index is 997. The number of likely N-dealkylation sites (tertiary alicyclic amines) is 1. The number of aliphatic hydroxyl groups excluding tert-OH is 1. The lowest BCUT2D eigenvalue weighted by molar-refractivity contribution is -0.137. The van der Waals surface area contributed by atoms with Crippen LogP contribution in [-0.4, -0.2) is 63.8 Å². The second-order valence-corrected chi connectivity index (χ2v) is 12.3. The van der Waals surface area contributed by atoms with E-state index >= 15 is 0 Å². The highest BCUT2D eigenvalue weighted by molar-refractivity contribution is 7.99. The van der Waals surface area contributed by atoms with Gasteiger partial charge in [0.25, 0.3) is 0 Å². The molecule has 1 aromatic heterocycles. The minimum Gasteiger partial charge on any atom is -0.497 e. The number of thioether (sulfide) groups is 1. The van der Waals surface area contributed by atoms with Gasteiger partial charge in [-0.2, -0.15) is 11.8 Å². The first-order valence-electron chi connectivity index (χ1n) is 14.2. The maximum Gasteiger partial charge on any atom is 0.303 e. The predicted molar refractivity (Wildman–Crippen MR) is 151 cm³/mol. The van der Waals surface area contributed by atoms with Gasteiger partial charge in [0, 0.05) is 29.8 Å². The van der Waals surface area contributed by atoms with Gasteiger partial charge in [-0.3, -0.25) is 9.78 Å². The molecule has 2 aliphatic rings. The summed E-state index contributed by atoms with van der Waals surface area (Å²) in [5.74, 6) is 2.10. The van der Waals surface area contributed by atoms with Crippen molar-refractivity contribution in [2.75, 3.05) is 32.5 Å². The van der Waals surface area contributed by atoms with Crippen molar-refractivity contribution in [2.24, 2.45) is 11.8 Å². The third kappa shape index (κ3) is 8.33. The normalized spacial score (nSPS) is 22.2. The van der Waals surface area contributed by atoms with E-state index in [2.05, 4.69) is 21.6 Å². The lowest BCUT2D eigenvalue weighted by atomic mass is 9.79. The number of rotatable bonds is 13. The molecule has 3 atom stereocenters. The van der Waals surface area contributed by atoms with Gasteiger partial charge in [-0.05, 0) is 105 Å². The van der Waals surface area contributed by atoms with Crippen molar-refractivity contribution >= 4 is 28.6 Å². The molecule has 1 aliphatic carbocycles. The molecule has 1 saturated carbocycles. The number of pyridine rings is 1. The number of ether oxygens (including phenoxy) is 1. The Morgan fingerprint density at radius 1 is 1.16 bits per heavy atom. The van der Waals surface area contributed by atoms with Crippen LogP contribution in [0.5, 0.6) is 5.75 Å². The molecule has 0 radical (unpaired) electrons. The smallest absolute Gasteiger partial charge is 0.303 e. The molecule has 7 heteroatoms. The average Bonchev–Trinajstić information content (AvgIpc) is 2.93. The summed E-state index contributed by atoms with van der Waals surface area (Å²) in [5, 5.41) is 22.3. The number of nitrogens with zero attached hydrogens (tertiary/aromatic N) is 2. The van der Waals surface area contributed by atoms with E-state index in [9.17, 15) is 15.0 Å². The fourth-order valence-corrected chi connectivity index (χ4v) is 7.53. The Balaban J connectivity index is 1.30. The minimum atomic E-state index is -0.711. The summed E-state index contributed by atoms with van der Waals surface area (Å²) in [6.07, 6.45) is 13.0. The fraction of sp³-hybridized carbons (Fsp3) is 0.667.